The lowest BCUT2D eigenvalue weighted by Crippen LogP contribution is -2.12. The summed E-state index contributed by atoms with van der Waals surface area (Å²) in [5.74, 6) is -0.830. The maximum absolute atomic E-state index is 11.0. The summed E-state index contributed by atoms with van der Waals surface area (Å²) in [4.78, 5) is 21.8. The van der Waals surface area contributed by atoms with Crippen molar-refractivity contribution in [3.05, 3.63) is 35.5 Å². The van der Waals surface area contributed by atoms with E-state index in [0.717, 1.165) is 5.57 Å². The van der Waals surface area contributed by atoms with Gasteiger partial charge in [-0.2, -0.15) is 0 Å². The van der Waals surface area contributed by atoms with Crippen LogP contribution in [0.5, 0.6) is 0 Å². The van der Waals surface area contributed by atoms with E-state index < -0.39 is 24.1 Å². The Labute approximate surface area is 149 Å². The van der Waals surface area contributed by atoms with Crippen molar-refractivity contribution in [2.45, 2.75) is 59.2 Å². The lowest BCUT2D eigenvalue weighted by Gasteiger charge is -2.13. The van der Waals surface area contributed by atoms with E-state index in [9.17, 15) is 19.8 Å². The molecule has 0 aliphatic heterocycles. The lowest BCUT2D eigenvalue weighted by molar-refractivity contribution is -0.141. The highest BCUT2D eigenvalue weighted by atomic mass is 16.5. The van der Waals surface area contributed by atoms with Gasteiger partial charge in [0.05, 0.1) is 12.2 Å². The van der Waals surface area contributed by atoms with Crippen molar-refractivity contribution in [1.82, 2.24) is 0 Å². The first-order valence-corrected chi connectivity index (χ1v) is 8.25. The van der Waals surface area contributed by atoms with Crippen LogP contribution in [0.4, 0.5) is 0 Å². The van der Waals surface area contributed by atoms with Crippen molar-refractivity contribution in [2.24, 2.45) is 0 Å². The monoisotopic (exact) mass is 354 g/mol. The lowest BCUT2D eigenvalue weighted by atomic mass is 10.0. The Morgan fingerprint density at radius 1 is 1.08 bits per heavy atom. The molecule has 0 bridgehead atoms. The fraction of sp³-hybridized carbons (Fsp3) is 0.579. The summed E-state index contributed by atoms with van der Waals surface area (Å²) in [5.41, 5.74) is 2.32. The highest BCUT2D eigenvalue weighted by Crippen LogP contribution is 2.15. The van der Waals surface area contributed by atoms with Crippen LogP contribution in [0.25, 0.3) is 0 Å². The zero-order valence-corrected chi connectivity index (χ0v) is 15.6. The minimum absolute atomic E-state index is 0.0366. The molecule has 0 rings (SSSR count). The third kappa shape index (κ3) is 13.1. The van der Waals surface area contributed by atoms with Crippen molar-refractivity contribution in [1.29, 1.82) is 0 Å². The molecule has 2 N–H and O–H groups in total. The molecule has 0 amide bonds. The van der Waals surface area contributed by atoms with Crippen molar-refractivity contribution < 1.29 is 29.3 Å². The summed E-state index contributed by atoms with van der Waals surface area (Å²) in [6.07, 6.45) is 3.47. The molecule has 6 nitrogen and oxygen atoms in total. The topological polar surface area (TPSA) is 93.1 Å². The second-order valence-electron chi connectivity index (χ2n) is 6.13. The van der Waals surface area contributed by atoms with Gasteiger partial charge in [-0.3, -0.25) is 9.59 Å². The summed E-state index contributed by atoms with van der Waals surface area (Å²) >= 11 is 0. The molecule has 0 saturated heterocycles. The second kappa shape index (κ2) is 12.4. The highest BCUT2D eigenvalue weighted by molar-refractivity contribution is 5.66. The number of ether oxygens (including phenoxy) is 2. The summed E-state index contributed by atoms with van der Waals surface area (Å²) in [6, 6.07) is 0. The van der Waals surface area contributed by atoms with Crippen LogP contribution in [0, 0.1) is 0 Å². The van der Waals surface area contributed by atoms with Gasteiger partial charge in [0.15, 0.2) is 0 Å². The van der Waals surface area contributed by atoms with Crippen LogP contribution in [-0.4, -0.2) is 47.6 Å². The average molecular weight is 354 g/mol. The number of allylic oxidation sites excluding steroid dienone is 1. The maximum Gasteiger partial charge on any atom is 0.302 e. The summed E-state index contributed by atoms with van der Waals surface area (Å²) in [5, 5.41) is 19.9. The molecular weight excluding hydrogens is 324 g/mol. The minimum atomic E-state index is -0.763. The van der Waals surface area contributed by atoms with Crippen LogP contribution in [0.3, 0.4) is 0 Å². The van der Waals surface area contributed by atoms with Crippen LogP contribution in [0.2, 0.25) is 0 Å². The van der Waals surface area contributed by atoms with Gasteiger partial charge >= 0.3 is 11.9 Å². The van der Waals surface area contributed by atoms with E-state index in [2.05, 4.69) is 6.58 Å². The van der Waals surface area contributed by atoms with Crippen LogP contribution in [0.15, 0.2) is 35.5 Å². The number of rotatable bonds is 11. The summed E-state index contributed by atoms with van der Waals surface area (Å²) in [7, 11) is 0. The predicted octanol–water partition coefficient (Wildman–Crippen LogP) is 2.45. The normalized spacial score (nSPS) is 14.6. The maximum atomic E-state index is 11.0. The highest BCUT2D eigenvalue weighted by Gasteiger charge is 2.09. The molecule has 0 aliphatic carbocycles. The molecule has 142 valence electrons. The molecule has 0 heterocycles. The Morgan fingerprint density at radius 3 is 2.20 bits per heavy atom. The number of esters is 2. The number of aliphatic hydroxyl groups excluding tert-OH is 2. The molecule has 0 spiro atoms. The van der Waals surface area contributed by atoms with Crippen molar-refractivity contribution >= 4 is 11.9 Å². The Kier molecular flexibility index (Phi) is 11.5. The molecule has 0 radical (unpaired) electrons. The minimum Gasteiger partial charge on any atom is -0.462 e. The van der Waals surface area contributed by atoms with Crippen LogP contribution < -0.4 is 0 Å². The zero-order chi connectivity index (χ0) is 19.4. The van der Waals surface area contributed by atoms with Gasteiger partial charge in [-0.25, -0.2) is 0 Å². The number of hydrogen-bond donors (Lipinski definition) is 2. The Morgan fingerprint density at radius 2 is 1.68 bits per heavy atom. The Hall–Kier alpha value is -1.92. The summed E-state index contributed by atoms with van der Waals surface area (Å²) < 4.78 is 9.79. The number of carbonyl (C=O) groups excluding carboxylic acids is 2. The molecule has 2 unspecified atom stereocenters. The van der Waals surface area contributed by atoms with Gasteiger partial charge in [-0.05, 0) is 38.3 Å². The Bertz CT molecular complexity index is 518. The first-order valence-electron chi connectivity index (χ1n) is 8.25. The third-order valence-electron chi connectivity index (χ3n) is 3.45. The zero-order valence-electron chi connectivity index (χ0n) is 15.6. The average Bonchev–Trinajstić information content (AvgIpc) is 2.49. The quantitative estimate of drug-likeness (QED) is 0.437. The SMILES string of the molecule is C=C(C)C(O)CCC(C)=CC(O)CC(=CCOC(C)=O)COC(C)=O. The van der Waals surface area contributed by atoms with Gasteiger partial charge in [0.1, 0.15) is 13.2 Å². The van der Waals surface area contributed by atoms with E-state index in [1.807, 2.05) is 6.92 Å². The van der Waals surface area contributed by atoms with Crippen molar-refractivity contribution in [2.75, 3.05) is 13.2 Å². The fourth-order valence-electron chi connectivity index (χ4n) is 2.02. The van der Waals surface area contributed by atoms with Crippen molar-refractivity contribution in [3.63, 3.8) is 0 Å². The van der Waals surface area contributed by atoms with E-state index in [1.165, 1.54) is 13.8 Å². The molecular formula is C19H30O6. The predicted molar refractivity (Wildman–Crippen MR) is 95.8 cm³/mol. The van der Waals surface area contributed by atoms with Gasteiger partial charge in [0, 0.05) is 20.3 Å². The number of hydrogen-bond acceptors (Lipinski definition) is 6. The molecule has 0 aliphatic rings. The molecule has 6 heteroatoms. The summed E-state index contributed by atoms with van der Waals surface area (Å²) in [6.45, 7) is 10.1. The fourth-order valence-corrected chi connectivity index (χ4v) is 2.02. The van der Waals surface area contributed by atoms with Gasteiger partial charge in [-0.1, -0.05) is 23.8 Å². The van der Waals surface area contributed by atoms with Gasteiger partial charge < -0.3 is 19.7 Å². The first kappa shape index (κ1) is 23.1. The molecule has 0 fully saturated rings. The Balaban J connectivity index is 4.67. The molecule has 2 atom stereocenters. The standard InChI is InChI=1S/C19H30O6/c1-13(2)19(23)7-6-14(3)10-18(22)11-17(12-25-16(5)21)8-9-24-15(4)20/h8,10,18-19,22-23H,1,6-7,9,11-12H2,2-5H3. The largest absolute Gasteiger partial charge is 0.462 e. The van der Waals surface area contributed by atoms with E-state index in [4.69, 9.17) is 9.47 Å². The van der Waals surface area contributed by atoms with E-state index in [-0.39, 0.29) is 19.6 Å². The van der Waals surface area contributed by atoms with E-state index >= 15 is 0 Å². The van der Waals surface area contributed by atoms with Crippen LogP contribution in [-0.2, 0) is 19.1 Å². The van der Waals surface area contributed by atoms with Gasteiger partial charge in [0.2, 0.25) is 0 Å². The second-order valence-corrected chi connectivity index (χ2v) is 6.13. The molecule has 0 aromatic carbocycles. The molecule has 0 saturated carbocycles. The van der Waals surface area contributed by atoms with Gasteiger partial charge in [0.25, 0.3) is 0 Å². The molecule has 0 aromatic rings. The van der Waals surface area contributed by atoms with Crippen LogP contribution >= 0.6 is 0 Å². The molecule has 25 heavy (non-hydrogen) atoms. The molecule has 0 aromatic heterocycles. The van der Waals surface area contributed by atoms with Crippen LogP contribution in [0.1, 0.15) is 47.0 Å². The first-order chi connectivity index (χ1) is 11.6. The number of aliphatic hydroxyl groups is 2. The smallest absolute Gasteiger partial charge is 0.302 e. The van der Waals surface area contributed by atoms with Crippen molar-refractivity contribution in [3.8, 4) is 0 Å². The van der Waals surface area contributed by atoms with E-state index in [0.29, 0.717) is 24.0 Å². The third-order valence-corrected chi connectivity index (χ3v) is 3.45. The van der Waals surface area contributed by atoms with Gasteiger partial charge in [-0.15, -0.1) is 0 Å². The number of carbonyl (C=O) groups is 2. The van der Waals surface area contributed by atoms with E-state index in [1.54, 1.807) is 19.1 Å².